The topological polar surface area (TPSA) is 95.1 Å². The first-order valence-corrected chi connectivity index (χ1v) is 9.26. The molecule has 1 aromatic heterocycles. The second-order valence-corrected chi connectivity index (χ2v) is 6.82. The van der Waals surface area contributed by atoms with Crippen molar-refractivity contribution in [3.63, 3.8) is 0 Å². The molecule has 7 nitrogen and oxygen atoms in total. The number of carbonyl (C=O) groups is 1. The zero-order valence-corrected chi connectivity index (χ0v) is 15.9. The lowest BCUT2D eigenvalue weighted by atomic mass is 10.2. The molecule has 0 aliphatic heterocycles. The number of thioether (sulfide) groups is 1. The van der Waals surface area contributed by atoms with Crippen LogP contribution in [-0.2, 0) is 4.79 Å². The van der Waals surface area contributed by atoms with E-state index in [4.69, 9.17) is 5.84 Å². The van der Waals surface area contributed by atoms with E-state index in [1.54, 1.807) is 19.1 Å². The minimum absolute atomic E-state index is 0.00523. The van der Waals surface area contributed by atoms with Crippen LogP contribution in [-0.4, -0.2) is 33.1 Å². The SMILES string of the molecule is Cc1ccc(NC(=O)CSc2nnc(-c3ccc(OC(F)F)cc3)n2N)cc1F. The van der Waals surface area contributed by atoms with E-state index in [-0.39, 0.29) is 28.4 Å². The molecule has 11 heteroatoms. The summed E-state index contributed by atoms with van der Waals surface area (Å²) in [6.45, 7) is -1.29. The monoisotopic (exact) mass is 423 g/mol. The van der Waals surface area contributed by atoms with Gasteiger partial charge in [-0.1, -0.05) is 17.8 Å². The molecule has 0 spiro atoms. The normalized spacial score (nSPS) is 10.9. The van der Waals surface area contributed by atoms with Crippen molar-refractivity contribution in [1.29, 1.82) is 0 Å². The molecule has 29 heavy (non-hydrogen) atoms. The zero-order chi connectivity index (χ0) is 21.0. The van der Waals surface area contributed by atoms with Crippen molar-refractivity contribution in [2.24, 2.45) is 0 Å². The Bertz CT molecular complexity index is 1010. The molecule has 0 fully saturated rings. The Morgan fingerprint density at radius 2 is 1.97 bits per heavy atom. The molecule has 0 radical (unpaired) electrons. The lowest BCUT2D eigenvalue weighted by Crippen LogP contribution is -2.16. The fourth-order valence-corrected chi connectivity index (χ4v) is 3.01. The van der Waals surface area contributed by atoms with Crippen molar-refractivity contribution >= 4 is 23.4 Å². The molecule has 0 aliphatic carbocycles. The Kier molecular flexibility index (Phi) is 6.27. The maximum Gasteiger partial charge on any atom is 0.387 e. The number of hydrogen-bond acceptors (Lipinski definition) is 6. The van der Waals surface area contributed by atoms with Crippen molar-refractivity contribution in [3.05, 3.63) is 53.8 Å². The largest absolute Gasteiger partial charge is 0.435 e. The quantitative estimate of drug-likeness (QED) is 0.447. The van der Waals surface area contributed by atoms with Crippen molar-refractivity contribution < 1.29 is 22.7 Å². The molecule has 0 saturated carbocycles. The van der Waals surface area contributed by atoms with Crippen LogP contribution in [0.5, 0.6) is 5.75 Å². The highest BCUT2D eigenvalue weighted by atomic mass is 32.2. The molecule has 1 heterocycles. The Hall–Kier alpha value is -3.21. The summed E-state index contributed by atoms with van der Waals surface area (Å²) < 4.78 is 43.4. The van der Waals surface area contributed by atoms with E-state index in [1.165, 1.54) is 35.0 Å². The van der Waals surface area contributed by atoms with Crippen LogP contribution in [0.3, 0.4) is 0 Å². The summed E-state index contributed by atoms with van der Waals surface area (Å²) in [5.41, 5.74) is 1.36. The number of aryl methyl sites for hydroxylation is 1. The van der Waals surface area contributed by atoms with Gasteiger partial charge in [0.15, 0.2) is 5.82 Å². The number of alkyl halides is 2. The van der Waals surface area contributed by atoms with Crippen LogP contribution in [0.1, 0.15) is 5.56 Å². The summed E-state index contributed by atoms with van der Waals surface area (Å²) in [6, 6.07) is 10.2. The number of ether oxygens (including phenoxy) is 1. The minimum atomic E-state index is -2.91. The molecule has 0 unspecified atom stereocenters. The number of nitrogens with two attached hydrogens (primary N) is 1. The predicted octanol–water partition coefficient (Wildman–Crippen LogP) is 3.44. The number of amides is 1. The number of rotatable bonds is 7. The van der Waals surface area contributed by atoms with Gasteiger partial charge < -0.3 is 15.9 Å². The third-order valence-electron chi connectivity index (χ3n) is 3.79. The number of nitrogens with zero attached hydrogens (tertiary/aromatic N) is 3. The average molecular weight is 423 g/mol. The van der Waals surface area contributed by atoms with Gasteiger partial charge in [0.25, 0.3) is 0 Å². The van der Waals surface area contributed by atoms with E-state index < -0.39 is 12.4 Å². The number of anilines is 1. The molecule has 2 aromatic carbocycles. The van der Waals surface area contributed by atoms with Crippen molar-refractivity contribution in [3.8, 4) is 17.1 Å². The second kappa shape index (κ2) is 8.86. The number of nitrogen functional groups attached to an aromatic ring is 1. The molecule has 3 aromatic rings. The fraction of sp³-hybridized carbons (Fsp3) is 0.167. The van der Waals surface area contributed by atoms with Crippen molar-refractivity contribution in [2.75, 3.05) is 16.9 Å². The number of aromatic nitrogens is 3. The summed E-state index contributed by atoms with van der Waals surface area (Å²) in [5, 5.41) is 10.7. The standard InChI is InChI=1S/C18H16F3N5O2S/c1-10-2-5-12(8-14(10)19)23-15(27)9-29-18-25-24-16(26(18)22)11-3-6-13(7-4-11)28-17(20)21/h2-8,17H,9,22H2,1H3,(H,23,27). The summed E-state index contributed by atoms with van der Waals surface area (Å²) in [6.07, 6.45) is 0. The van der Waals surface area contributed by atoms with Crippen LogP contribution < -0.4 is 15.9 Å². The number of carbonyl (C=O) groups excluding carboxylic acids is 1. The highest BCUT2D eigenvalue weighted by molar-refractivity contribution is 7.99. The molecule has 1 amide bonds. The van der Waals surface area contributed by atoms with Crippen molar-refractivity contribution in [1.82, 2.24) is 14.9 Å². The predicted molar refractivity (Wildman–Crippen MR) is 103 cm³/mol. The Morgan fingerprint density at radius 1 is 1.24 bits per heavy atom. The molecule has 152 valence electrons. The smallest absolute Gasteiger partial charge is 0.387 e. The molecular weight excluding hydrogens is 407 g/mol. The molecule has 3 N–H and O–H groups in total. The number of hydrogen-bond donors (Lipinski definition) is 2. The lowest BCUT2D eigenvalue weighted by molar-refractivity contribution is -0.113. The van der Waals surface area contributed by atoms with E-state index >= 15 is 0 Å². The maximum absolute atomic E-state index is 13.5. The third-order valence-corrected chi connectivity index (χ3v) is 4.73. The summed E-state index contributed by atoms with van der Waals surface area (Å²) in [7, 11) is 0. The van der Waals surface area contributed by atoms with Crippen LogP contribution in [0.25, 0.3) is 11.4 Å². The van der Waals surface area contributed by atoms with Gasteiger partial charge in [-0.15, -0.1) is 10.2 Å². The fourth-order valence-electron chi connectivity index (χ4n) is 2.36. The molecule has 0 aliphatic rings. The van der Waals surface area contributed by atoms with Crippen LogP contribution in [0.4, 0.5) is 18.9 Å². The molecule has 0 atom stereocenters. The summed E-state index contributed by atoms with van der Waals surface area (Å²) >= 11 is 1.04. The molecule has 0 bridgehead atoms. The highest BCUT2D eigenvalue weighted by Gasteiger charge is 2.15. The van der Waals surface area contributed by atoms with Crippen LogP contribution in [0, 0.1) is 12.7 Å². The molecule has 3 rings (SSSR count). The van der Waals surface area contributed by atoms with Gasteiger partial charge in [0.05, 0.1) is 5.75 Å². The van der Waals surface area contributed by atoms with Crippen LogP contribution in [0.2, 0.25) is 0 Å². The van der Waals surface area contributed by atoms with Crippen LogP contribution >= 0.6 is 11.8 Å². The second-order valence-electron chi connectivity index (χ2n) is 5.88. The van der Waals surface area contributed by atoms with Gasteiger partial charge in [-0.25, -0.2) is 9.07 Å². The van der Waals surface area contributed by atoms with E-state index in [1.807, 2.05) is 0 Å². The van der Waals surface area contributed by atoms with E-state index in [9.17, 15) is 18.0 Å². The van der Waals surface area contributed by atoms with Gasteiger partial charge in [-0.3, -0.25) is 4.79 Å². The molecular formula is C18H16F3N5O2S. The highest BCUT2D eigenvalue weighted by Crippen LogP contribution is 2.24. The number of nitrogens with one attached hydrogen (secondary N) is 1. The number of benzene rings is 2. The van der Waals surface area contributed by atoms with E-state index in [0.29, 0.717) is 16.8 Å². The maximum atomic E-state index is 13.5. The van der Waals surface area contributed by atoms with Gasteiger partial charge in [0.2, 0.25) is 11.1 Å². The van der Waals surface area contributed by atoms with Gasteiger partial charge in [0.1, 0.15) is 11.6 Å². The lowest BCUT2D eigenvalue weighted by Gasteiger charge is -2.07. The van der Waals surface area contributed by atoms with Gasteiger partial charge >= 0.3 is 6.61 Å². The van der Waals surface area contributed by atoms with Gasteiger partial charge in [-0.05, 0) is 48.9 Å². The number of halogens is 3. The van der Waals surface area contributed by atoms with Crippen LogP contribution in [0.15, 0.2) is 47.6 Å². The first-order valence-electron chi connectivity index (χ1n) is 8.28. The third kappa shape index (κ3) is 5.19. The summed E-state index contributed by atoms with van der Waals surface area (Å²) in [5.74, 6) is 5.47. The molecule has 0 saturated heterocycles. The van der Waals surface area contributed by atoms with Crippen molar-refractivity contribution in [2.45, 2.75) is 18.7 Å². The first-order chi connectivity index (χ1) is 13.8. The summed E-state index contributed by atoms with van der Waals surface area (Å²) in [4.78, 5) is 12.1. The Morgan fingerprint density at radius 3 is 2.62 bits per heavy atom. The zero-order valence-electron chi connectivity index (χ0n) is 15.1. The Labute approximate surface area is 168 Å². The van der Waals surface area contributed by atoms with E-state index in [2.05, 4.69) is 20.3 Å². The Balaban J connectivity index is 1.62. The minimum Gasteiger partial charge on any atom is -0.435 e. The van der Waals surface area contributed by atoms with Gasteiger partial charge in [0, 0.05) is 11.3 Å². The van der Waals surface area contributed by atoms with Gasteiger partial charge in [-0.2, -0.15) is 8.78 Å². The van der Waals surface area contributed by atoms with E-state index in [0.717, 1.165) is 11.8 Å². The first kappa shape index (κ1) is 20.5. The average Bonchev–Trinajstić information content (AvgIpc) is 3.04.